The van der Waals surface area contributed by atoms with Crippen LogP contribution in [-0.4, -0.2) is 86.2 Å². The SMILES string of the molecule is CCNC(=NCC1CN(CC(C)C)CCO1)NC1CCN(C(=O)CC)C1. The molecule has 150 valence electrons. The predicted octanol–water partition coefficient (Wildman–Crippen LogP) is 0.909. The van der Waals surface area contributed by atoms with Gasteiger partial charge in [0, 0.05) is 51.7 Å². The molecule has 0 radical (unpaired) electrons. The van der Waals surface area contributed by atoms with Crippen LogP contribution < -0.4 is 10.6 Å². The van der Waals surface area contributed by atoms with Crippen molar-refractivity contribution in [3.8, 4) is 0 Å². The van der Waals surface area contributed by atoms with Crippen molar-refractivity contribution in [3.05, 3.63) is 0 Å². The summed E-state index contributed by atoms with van der Waals surface area (Å²) in [6.07, 6.45) is 1.70. The summed E-state index contributed by atoms with van der Waals surface area (Å²) in [5, 5.41) is 6.80. The average molecular weight is 368 g/mol. The number of guanidine groups is 1. The van der Waals surface area contributed by atoms with Gasteiger partial charge >= 0.3 is 0 Å². The van der Waals surface area contributed by atoms with Crippen LogP contribution in [0.3, 0.4) is 0 Å². The number of likely N-dealkylation sites (tertiary alicyclic amines) is 1. The molecule has 2 fully saturated rings. The number of carbonyl (C=O) groups is 1. The van der Waals surface area contributed by atoms with E-state index in [-0.39, 0.29) is 18.1 Å². The highest BCUT2D eigenvalue weighted by Gasteiger charge is 2.26. The normalized spacial score (nSPS) is 25.0. The van der Waals surface area contributed by atoms with Crippen molar-refractivity contribution < 1.29 is 9.53 Å². The summed E-state index contributed by atoms with van der Waals surface area (Å²) >= 11 is 0. The van der Waals surface area contributed by atoms with Crippen LogP contribution in [-0.2, 0) is 9.53 Å². The smallest absolute Gasteiger partial charge is 0.222 e. The molecular weight excluding hydrogens is 330 g/mol. The standard InChI is InChI=1S/C19H37N5O2/c1-5-18(25)24-8-7-16(13-24)22-19(20-6-2)21-11-17-14-23(9-10-26-17)12-15(3)4/h15-17H,5-14H2,1-4H3,(H2,20,21,22). The Morgan fingerprint density at radius 3 is 2.77 bits per heavy atom. The van der Waals surface area contributed by atoms with E-state index in [0.717, 1.165) is 58.3 Å². The van der Waals surface area contributed by atoms with Gasteiger partial charge in [-0.15, -0.1) is 0 Å². The minimum atomic E-state index is 0.153. The summed E-state index contributed by atoms with van der Waals surface area (Å²) in [5.74, 6) is 1.73. The summed E-state index contributed by atoms with van der Waals surface area (Å²) in [6.45, 7) is 15.4. The second-order valence-electron chi connectivity index (χ2n) is 7.69. The molecule has 0 aromatic rings. The van der Waals surface area contributed by atoms with Crippen molar-refractivity contribution >= 4 is 11.9 Å². The monoisotopic (exact) mass is 367 g/mol. The van der Waals surface area contributed by atoms with Crippen molar-refractivity contribution in [2.45, 2.75) is 52.7 Å². The fourth-order valence-corrected chi connectivity index (χ4v) is 3.61. The number of aliphatic imine (C=N–C) groups is 1. The molecule has 2 saturated heterocycles. The van der Waals surface area contributed by atoms with Gasteiger partial charge in [0.1, 0.15) is 0 Å². The Hall–Kier alpha value is -1.34. The first-order valence-electron chi connectivity index (χ1n) is 10.2. The molecule has 2 aliphatic heterocycles. The Morgan fingerprint density at radius 2 is 2.08 bits per heavy atom. The molecule has 0 bridgehead atoms. The maximum Gasteiger partial charge on any atom is 0.222 e. The topological polar surface area (TPSA) is 69.2 Å². The van der Waals surface area contributed by atoms with Crippen molar-refractivity contribution in [1.82, 2.24) is 20.4 Å². The highest BCUT2D eigenvalue weighted by Crippen LogP contribution is 2.11. The molecule has 0 aliphatic carbocycles. The Bertz CT molecular complexity index is 469. The minimum Gasteiger partial charge on any atom is -0.374 e. The number of morpholine rings is 1. The average Bonchev–Trinajstić information content (AvgIpc) is 3.07. The van der Waals surface area contributed by atoms with E-state index in [9.17, 15) is 4.79 Å². The lowest BCUT2D eigenvalue weighted by Gasteiger charge is -2.33. The first kappa shape index (κ1) is 21.0. The third-order valence-corrected chi connectivity index (χ3v) is 4.83. The summed E-state index contributed by atoms with van der Waals surface area (Å²) in [7, 11) is 0. The van der Waals surface area contributed by atoms with Gasteiger partial charge < -0.3 is 20.3 Å². The molecule has 2 atom stereocenters. The summed E-state index contributed by atoms with van der Waals surface area (Å²) in [4.78, 5) is 21.0. The zero-order valence-corrected chi connectivity index (χ0v) is 17.0. The van der Waals surface area contributed by atoms with Crippen molar-refractivity contribution in [1.29, 1.82) is 0 Å². The summed E-state index contributed by atoms with van der Waals surface area (Å²) < 4.78 is 5.89. The van der Waals surface area contributed by atoms with Crippen LogP contribution in [0.15, 0.2) is 4.99 Å². The van der Waals surface area contributed by atoms with Crippen molar-refractivity contribution in [3.63, 3.8) is 0 Å². The molecule has 1 amide bonds. The quantitative estimate of drug-likeness (QED) is 0.517. The fraction of sp³-hybridized carbons (Fsp3) is 0.895. The lowest BCUT2D eigenvalue weighted by molar-refractivity contribution is -0.129. The van der Waals surface area contributed by atoms with Gasteiger partial charge in [0.05, 0.1) is 19.3 Å². The number of hydrogen-bond acceptors (Lipinski definition) is 4. The summed E-state index contributed by atoms with van der Waals surface area (Å²) in [6, 6.07) is 0.271. The molecule has 2 heterocycles. The van der Waals surface area contributed by atoms with Crippen LogP contribution in [0.2, 0.25) is 0 Å². The van der Waals surface area contributed by atoms with Crippen LogP contribution in [0.5, 0.6) is 0 Å². The molecule has 2 aliphatic rings. The van der Waals surface area contributed by atoms with Gasteiger partial charge in [-0.25, -0.2) is 0 Å². The number of nitrogens with zero attached hydrogens (tertiary/aromatic N) is 3. The Labute approximate surface area is 158 Å². The highest BCUT2D eigenvalue weighted by atomic mass is 16.5. The van der Waals surface area contributed by atoms with Gasteiger partial charge in [-0.3, -0.25) is 14.7 Å². The second kappa shape index (κ2) is 10.7. The number of carbonyl (C=O) groups excluding carboxylic acids is 1. The zero-order chi connectivity index (χ0) is 18.9. The van der Waals surface area contributed by atoms with Crippen LogP contribution in [0.1, 0.15) is 40.5 Å². The molecule has 7 nitrogen and oxygen atoms in total. The Kier molecular flexibility index (Phi) is 8.65. The molecule has 0 saturated carbocycles. The molecular formula is C19H37N5O2. The molecule has 7 heteroatoms. The Morgan fingerprint density at radius 1 is 1.27 bits per heavy atom. The van der Waals surface area contributed by atoms with Gasteiger partial charge in [-0.2, -0.15) is 0 Å². The maximum atomic E-state index is 11.8. The second-order valence-corrected chi connectivity index (χ2v) is 7.69. The van der Waals surface area contributed by atoms with Crippen LogP contribution >= 0.6 is 0 Å². The van der Waals surface area contributed by atoms with Crippen molar-refractivity contribution in [2.75, 3.05) is 52.4 Å². The Balaban J connectivity index is 1.83. The van der Waals surface area contributed by atoms with Gasteiger partial charge in [0.25, 0.3) is 0 Å². The first-order chi connectivity index (χ1) is 12.5. The molecule has 0 spiro atoms. The molecule has 2 N–H and O–H groups in total. The van der Waals surface area contributed by atoms with E-state index in [0.29, 0.717) is 18.9 Å². The van der Waals surface area contributed by atoms with E-state index in [1.807, 2.05) is 11.8 Å². The number of nitrogens with one attached hydrogen (secondary N) is 2. The summed E-state index contributed by atoms with van der Waals surface area (Å²) in [5.41, 5.74) is 0. The predicted molar refractivity (Wildman–Crippen MR) is 105 cm³/mol. The van der Waals surface area contributed by atoms with Crippen molar-refractivity contribution in [2.24, 2.45) is 10.9 Å². The largest absolute Gasteiger partial charge is 0.374 e. The molecule has 0 aromatic heterocycles. The number of ether oxygens (including phenoxy) is 1. The van der Waals surface area contributed by atoms with Gasteiger partial charge in [0.2, 0.25) is 5.91 Å². The third-order valence-electron chi connectivity index (χ3n) is 4.83. The van der Waals surface area contributed by atoms with Crippen LogP contribution in [0.4, 0.5) is 0 Å². The number of amides is 1. The fourth-order valence-electron chi connectivity index (χ4n) is 3.61. The zero-order valence-electron chi connectivity index (χ0n) is 17.0. The van der Waals surface area contributed by atoms with Gasteiger partial charge in [-0.05, 0) is 19.3 Å². The molecule has 26 heavy (non-hydrogen) atoms. The van der Waals surface area contributed by atoms with E-state index in [1.165, 1.54) is 0 Å². The van der Waals surface area contributed by atoms with Gasteiger partial charge in [-0.1, -0.05) is 20.8 Å². The van der Waals surface area contributed by atoms with E-state index in [2.05, 4.69) is 36.3 Å². The highest BCUT2D eigenvalue weighted by molar-refractivity contribution is 5.80. The van der Waals surface area contributed by atoms with E-state index < -0.39 is 0 Å². The van der Waals surface area contributed by atoms with Crippen LogP contribution in [0.25, 0.3) is 0 Å². The molecule has 0 aromatic carbocycles. The third kappa shape index (κ3) is 6.76. The van der Waals surface area contributed by atoms with E-state index in [1.54, 1.807) is 0 Å². The van der Waals surface area contributed by atoms with E-state index in [4.69, 9.17) is 9.73 Å². The molecule has 2 unspecified atom stereocenters. The lowest BCUT2D eigenvalue weighted by atomic mass is 10.2. The van der Waals surface area contributed by atoms with E-state index >= 15 is 0 Å². The first-order valence-corrected chi connectivity index (χ1v) is 10.2. The maximum absolute atomic E-state index is 11.8. The molecule has 2 rings (SSSR count). The number of rotatable bonds is 7. The lowest BCUT2D eigenvalue weighted by Crippen LogP contribution is -2.47. The van der Waals surface area contributed by atoms with Crippen LogP contribution in [0, 0.1) is 5.92 Å². The number of hydrogen-bond donors (Lipinski definition) is 2. The van der Waals surface area contributed by atoms with Gasteiger partial charge in [0.15, 0.2) is 5.96 Å². The minimum absolute atomic E-state index is 0.153.